The van der Waals surface area contributed by atoms with E-state index in [0.717, 1.165) is 14.9 Å². The molecule has 0 radical (unpaired) electrons. The molecular weight excluding hydrogens is 310 g/mol. The van der Waals surface area contributed by atoms with Crippen molar-refractivity contribution in [2.75, 3.05) is 0 Å². The average molecular weight is 317 g/mol. The van der Waals surface area contributed by atoms with Crippen molar-refractivity contribution < 1.29 is 4.79 Å². The van der Waals surface area contributed by atoms with Crippen molar-refractivity contribution in [3.63, 3.8) is 0 Å². The number of hydrogen-bond donors (Lipinski definition) is 0. The quantitative estimate of drug-likeness (QED) is 0.802. The number of thiophene rings is 1. The molecule has 0 aromatic carbocycles. The van der Waals surface area contributed by atoms with Crippen molar-refractivity contribution in [1.29, 1.82) is 0 Å². The summed E-state index contributed by atoms with van der Waals surface area (Å²) in [7, 11) is 0. The topological polar surface area (TPSA) is 30.0 Å². The van der Waals surface area contributed by atoms with Gasteiger partial charge in [-0.1, -0.05) is 11.6 Å². The van der Waals surface area contributed by atoms with Crippen LogP contribution in [0.4, 0.5) is 0 Å². The van der Waals surface area contributed by atoms with Crippen molar-refractivity contribution in [2.24, 2.45) is 0 Å². The van der Waals surface area contributed by atoms with E-state index in [2.05, 4.69) is 20.9 Å². The fraction of sp³-hybridized carbons (Fsp3) is 0.0909. The second-order valence-electron chi connectivity index (χ2n) is 3.16. The van der Waals surface area contributed by atoms with Gasteiger partial charge in [-0.25, -0.2) is 0 Å². The summed E-state index contributed by atoms with van der Waals surface area (Å²) in [5.74, 6) is 0.0648. The number of pyridine rings is 1. The summed E-state index contributed by atoms with van der Waals surface area (Å²) in [6.45, 7) is 0. The Balaban J connectivity index is 2.21. The monoisotopic (exact) mass is 315 g/mol. The van der Waals surface area contributed by atoms with Gasteiger partial charge in [-0.2, -0.15) is 0 Å². The van der Waals surface area contributed by atoms with Gasteiger partial charge in [-0.3, -0.25) is 9.78 Å². The second-order valence-corrected chi connectivity index (χ2v) is 5.34. The van der Waals surface area contributed by atoms with Gasteiger partial charge in [0.2, 0.25) is 0 Å². The van der Waals surface area contributed by atoms with Crippen LogP contribution in [0.3, 0.4) is 0 Å². The summed E-state index contributed by atoms with van der Waals surface area (Å²) < 4.78 is 0.840. The molecule has 2 aromatic rings. The highest BCUT2D eigenvalue weighted by atomic mass is 79.9. The molecule has 0 aliphatic heterocycles. The zero-order valence-electron chi connectivity index (χ0n) is 8.11. The van der Waals surface area contributed by atoms with E-state index in [9.17, 15) is 4.79 Å². The fourth-order valence-corrected chi connectivity index (χ4v) is 3.01. The van der Waals surface area contributed by atoms with Crippen molar-refractivity contribution in [2.45, 2.75) is 6.42 Å². The summed E-state index contributed by atoms with van der Waals surface area (Å²) in [6, 6.07) is 3.63. The summed E-state index contributed by atoms with van der Waals surface area (Å²) in [5.41, 5.74) is 0.807. The Morgan fingerprint density at radius 3 is 2.94 bits per heavy atom. The molecule has 2 rings (SSSR count). The van der Waals surface area contributed by atoms with Crippen LogP contribution < -0.4 is 0 Å². The molecule has 16 heavy (non-hydrogen) atoms. The third-order valence-corrected chi connectivity index (χ3v) is 4.30. The number of nitrogens with zero attached hydrogens (tertiary/aromatic N) is 1. The Morgan fingerprint density at radius 1 is 1.50 bits per heavy atom. The van der Waals surface area contributed by atoms with Crippen molar-refractivity contribution >= 4 is 44.7 Å². The summed E-state index contributed by atoms with van der Waals surface area (Å²) in [5, 5.41) is 2.41. The highest BCUT2D eigenvalue weighted by Crippen LogP contribution is 2.25. The van der Waals surface area contributed by atoms with E-state index in [-0.39, 0.29) is 5.78 Å². The predicted octanol–water partition coefficient (Wildman–Crippen LogP) is 3.98. The second kappa shape index (κ2) is 5.08. The van der Waals surface area contributed by atoms with Crippen LogP contribution >= 0.6 is 38.9 Å². The van der Waals surface area contributed by atoms with Gasteiger partial charge in [0, 0.05) is 23.3 Å². The lowest BCUT2D eigenvalue weighted by Gasteiger charge is -2.01. The smallest absolute Gasteiger partial charge is 0.178 e. The van der Waals surface area contributed by atoms with Gasteiger partial charge in [-0.15, -0.1) is 11.3 Å². The lowest BCUT2D eigenvalue weighted by Crippen LogP contribution is -2.02. The minimum Gasteiger partial charge on any atom is -0.293 e. The molecule has 2 aromatic heterocycles. The molecule has 0 fully saturated rings. The maximum absolute atomic E-state index is 11.9. The molecule has 2 nitrogen and oxygen atoms in total. The maximum Gasteiger partial charge on any atom is 0.178 e. The Bertz CT molecular complexity index is 526. The van der Waals surface area contributed by atoms with E-state index in [0.29, 0.717) is 11.4 Å². The lowest BCUT2D eigenvalue weighted by atomic mass is 10.1. The van der Waals surface area contributed by atoms with E-state index in [4.69, 9.17) is 11.6 Å². The Hall–Kier alpha value is -0.710. The van der Waals surface area contributed by atoms with Crippen LogP contribution in [0.15, 0.2) is 34.4 Å². The SMILES string of the molecule is O=C(Cc1ccncc1Cl)c1sccc1Br. The van der Waals surface area contributed by atoms with Crippen LogP contribution in [0.5, 0.6) is 0 Å². The Labute approximate surface area is 110 Å². The molecule has 0 unspecified atom stereocenters. The normalized spacial score (nSPS) is 10.4. The number of hydrogen-bond acceptors (Lipinski definition) is 3. The largest absolute Gasteiger partial charge is 0.293 e. The van der Waals surface area contributed by atoms with Gasteiger partial charge in [0.1, 0.15) is 0 Å². The first kappa shape index (κ1) is 11.8. The summed E-state index contributed by atoms with van der Waals surface area (Å²) in [6.07, 6.45) is 3.49. The highest BCUT2D eigenvalue weighted by molar-refractivity contribution is 9.10. The van der Waals surface area contributed by atoms with Gasteiger partial charge in [0.15, 0.2) is 5.78 Å². The summed E-state index contributed by atoms with van der Waals surface area (Å²) >= 11 is 10.7. The third kappa shape index (κ3) is 2.51. The lowest BCUT2D eigenvalue weighted by molar-refractivity contribution is 0.0996. The molecule has 0 saturated carbocycles. The molecule has 0 atom stereocenters. The molecule has 82 valence electrons. The first-order valence-electron chi connectivity index (χ1n) is 4.53. The van der Waals surface area contributed by atoms with E-state index < -0.39 is 0 Å². The predicted molar refractivity (Wildman–Crippen MR) is 69.3 cm³/mol. The van der Waals surface area contributed by atoms with E-state index in [1.807, 2.05) is 11.4 Å². The van der Waals surface area contributed by atoms with Gasteiger partial charge < -0.3 is 0 Å². The number of aromatic nitrogens is 1. The first-order valence-corrected chi connectivity index (χ1v) is 6.58. The first-order chi connectivity index (χ1) is 7.68. The Kier molecular flexibility index (Phi) is 3.74. The molecule has 0 spiro atoms. The van der Waals surface area contributed by atoms with Gasteiger partial charge >= 0.3 is 0 Å². The van der Waals surface area contributed by atoms with Crippen molar-refractivity contribution in [3.8, 4) is 0 Å². The number of ketones is 1. The van der Waals surface area contributed by atoms with Crippen molar-refractivity contribution in [1.82, 2.24) is 4.98 Å². The van der Waals surface area contributed by atoms with Crippen LogP contribution in [0.1, 0.15) is 15.2 Å². The average Bonchev–Trinajstić information content (AvgIpc) is 2.68. The molecule has 0 amide bonds. The minimum absolute atomic E-state index is 0.0648. The van der Waals surface area contributed by atoms with Crippen LogP contribution in [-0.4, -0.2) is 10.8 Å². The third-order valence-electron chi connectivity index (χ3n) is 2.08. The van der Waals surface area contributed by atoms with Crippen LogP contribution in [-0.2, 0) is 6.42 Å². The van der Waals surface area contributed by atoms with Gasteiger partial charge in [-0.05, 0) is 39.0 Å². The molecular formula is C11H7BrClNOS. The molecule has 0 aliphatic rings. The molecule has 0 bridgehead atoms. The molecule has 0 saturated heterocycles. The Morgan fingerprint density at radius 2 is 2.31 bits per heavy atom. The van der Waals surface area contributed by atoms with E-state index >= 15 is 0 Å². The molecule has 2 heterocycles. The highest BCUT2D eigenvalue weighted by Gasteiger charge is 2.13. The van der Waals surface area contributed by atoms with Gasteiger partial charge in [0.05, 0.1) is 9.90 Å². The number of carbonyl (C=O) groups is 1. The fourth-order valence-electron chi connectivity index (χ4n) is 1.29. The molecule has 0 aliphatic carbocycles. The maximum atomic E-state index is 11.9. The van der Waals surface area contributed by atoms with E-state index in [1.165, 1.54) is 11.3 Å². The number of carbonyl (C=O) groups excluding carboxylic acids is 1. The van der Waals surface area contributed by atoms with Crippen LogP contribution in [0.25, 0.3) is 0 Å². The summed E-state index contributed by atoms with van der Waals surface area (Å²) in [4.78, 5) is 16.6. The van der Waals surface area contributed by atoms with Gasteiger partial charge in [0.25, 0.3) is 0 Å². The van der Waals surface area contributed by atoms with Crippen LogP contribution in [0, 0.1) is 0 Å². The van der Waals surface area contributed by atoms with Crippen molar-refractivity contribution in [3.05, 3.63) is 49.8 Å². The molecule has 0 N–H and O–H groups in total. The number of Topliss-reactive ketones (excluding diaryl/α,β-unsaturated/α-hetero) is 1. The molecule has 5 heteroatoms. The standard InChI is InChI=1S/C11H7BrClNOS/c12-8-2-4-16-11(8)10(15)5-7-1-3-14-6-9(7)13/h1-4,6H,5H2. The minimum atomic E-state index is 0.0648. The number of rotatable bonds is 3. The number of halogens is 2. The van der Waals surface area contributed by atoms with Crippen LogP contribution in [0.2, 0.25) is 5.02 Å². The zero-order chi connectivity index (χ0) is 11.5. The van der Waals surface area contributed by atoms with E-state index in [1.54, 1.807) is 18.5 Å². The zero-order valence-corrected chi connectivity index (χ0v) is 11.3.